The fraction of sp³-hybridized carbons (Fsp3) is 0.316. The molecule has 0 saturated heterocycles. The molecule has 0 fully saturated rings. The quantitative estimate of drug-likeness (QED) is 0.362. The number of halogens is 1. The highest BCUT2D eigenvalue weighted by atomic mass is 127. The third kappa shape index (κ3) is 5.69. The summed E-state index contributed by atoms with van der Waals surface area (Å²) in [6.07, 6.45) is 0.883. The van der Waals surface area contributed by atoms with Crippen LogP contribution >= 0.6 is 24.0 Å². The van der Waals surface area contributed by atoms with Gasteiger partial charge in [-0.3, -0.25) is 0 Å². The van der Waals surface area contributed by atoms with E-state index in [2.05, 4.69) is 15.6 Å². The molecule has 0 radical (unpaired) electrons. The molecular weight excluding hydrogens is 445 g/mol. The number of benzene rings is 2. The van der Waals surface area contributed by atoms with Crippen LogP contribution in [0.25, 0.3) is 0 Å². The lowest BCUT2D eigenvalue weighted by molar-refractivity contribution is 0.297. The van der Waals surface area contributed by atoms with E-state index in [0.717, 1.165) is 35.7 Å². The number of aromatic hydroxyl groups is 1. The fourth-order valence-electron chi connectivity index (χ4n) is 2.46. The normalized spacial score (nSPS) is 13.3. The molecule has 1 aliphatic rings. The van der Waals surface area contributed by atoms with Crippen molar-refractivity contribution in [1.29, 1.82) is 0 Å². The Kier molecular flexibility index (Phi) is 7.83. The Morgan fingerprint density at radius 3 is 2.54 bits per heavy atom. The van der Waals surface area contributed by atoms with Crippen molar-refractivity contribution in [1.82, 2.24) is 5.32 Å². The Morgan fingerprint density at radius 1 is 1.08 bits per heavy atom. The number of aliphatic imine (C=N–C) groups is 1. The Hall–Kier alpha value is -2.16. The molecule has 0 saturated carbocycles. The van der Waals surface area contributed by atoms with Crippen molar-refractivity contribution in [2.24, 2.45) is 4.99 Å². The summed E-state index contributed by atoms with van der Waals surface area (Å²) in [5.74, 6) is 2.46. The molecule has 0 atom stereocenters. The van der Waals surface area contributed by atoms with E-state index in [9.17, 15) is 5.11 Å². The Morgan fingerprint density at radius 2 is 1.81 bits per heavy atom. The van der Waals surface area contributed by atoms with E-state index >= 15 is 0 Å². The van der Waals surface area contributed by atoms with Gasteiger partial charge in [-0.2, -0.15) is 0 Å². The summed E-state index contributed by atoms with van der Waals surface area (Å²) >= 11 is 0. The summed E-state index contributed by atoms with van der Waals surface area (Å²) in [6.45, 7) is 4.62. The highest BCUT2D eigenvalue weighted by Crippen LogP contribution is 2.32. The Labute approximate surface area is 170 Å². The van der Waals surface area contributed by atoms with Crippen molar-refractivity contribution in [3.05, 3.63) is 48.0 Å². The molecule has 2 aromatic carbocycles. The van der Waals surface area contributed by atoms with Crippen LogP contribution in [0.4, 0.5) is 5.69 Å². The first-order valence-corrected chi connectivity index (χ1v) is 8.47. The van der Waals surface area contributed by atoms with Crippen molar-refractivity contribution in [2.45, 2.75) is 19.9 Å². The Balaban J connectivity index is 0.00000243. The van der Waals surface area contributed by atoms with Crippen molar-refractivity contribution in [2.75, 3.05) is 25.1 Å². The lowest BCUT2D eigenvalue weighted by Crippen LogP contribution is -2.30. The number of hydrogen-bond acceptors (Lipinski definition) is 4. The molecular formula is C19H24IN3O3. The first kappa shape index (κ1) is 20.2. The van der Waals surface area contributed by atoms with Crippen LogP contribution in [-0.2, 0) is 6.54 Å². The molecule has 0 spiro atoms. The number of phenols is 1. The van der Waals surface area contributed by atoms with Crippen LogP contribution < -0.4 is 20.1 Å². The maximum Gasteiger partial charge on any atom is 0.196 e. The van der Waals surface area contributed by atoms with Crippen molar-refractivity contribution in [3.8, 4) is 17.2 Å². The topological polar surface area (TPSA) is 75.1 Å². The van der Waals surface area contributed by atoms with Crippen LogP contribution in [0.1, 0.15) is 18.9 Å². The molecule has 0 unspecified atom stereocenters. The van der Waals surface area contributed by atoms with Crippen LogP contribution in [0.3, 0.4) is 0 Å². The third-order valence-corrected chi connectivity index (χ3v) is 3.71. The van der Waals surface area contributed by atoms with E-state index in [1.54, 1.807) is 12.1 Å². The number of anilines is 1. The smallest absolute Gasteiger partial charge is 0.196 e. The number of nitrogens with one attached hydrogen (secondary N) is 2. The molecule has 3 N–H and O–H groups in total. The average Bonchev–Trinajstić information content (AvgIpc) is 2.86. The predicted octanol–water partition coefficient (Wildman–Crippen LogP) is 3.75. The van der Waals surface area contributed by atoms with Gasteiger partial charge in [-0.15, -0.1) is 24.0 Å². The van der Waals surface area contributed by atoms with Crippen LogP contribution in [0.2, 0.25) is 0 Å². The third-order valence-electron chi connectivity index (χ3n) is 3.71. The first-order chi connectivity index (χ1) is 12.2. The number of ether oxygens (including phenoxy) is 2. The van der Waals surface area contributed by atoms with Gasteiger partial charge < -0.3 is 25.2 Å². The second kappa shape index (κ2) is 10.1. The zero-order chi connectivity index (χ0) is 17.5. The van der Waals surface area contributed by atoms with E-state index in [-0.39, 0.29) is 29.7 Å². The minimum atomic E-state index is 0. The second-order valence-electron chi connectivity index (χ2n) is 5.70. The molecule has 0 amide bonds. The van der Waals surface area contributed by atoms with E-state index in [0.29, 0.717) is 25.7 Å². The number of rotatable bonds is 4. The first-order valence-electron chi connectivity index (χ1n) is 8.47. The van der Waals surface area contributed by atoms with Gasteiger partial charge in [0.1, 0.15) is 5.75 Å². The van der Waals surface area contributed by atoms with Gasteiger partial charge in [0.25, 0.3) is 0 Å². The molecule has 140 valence electrons. The number of nitrogens with zero attached hydrogens (tertiary/aromatic N) is 1. The molecule has 3 rings (SSSR count). The molecule has 1 aliphatic heterocycles. The van der Waals surface area contributed by atoms with Gasteiger partial charge >= 0.3 is 0 Å². The van der Waals surface area contributed by atoms with Gasteiger partial charge in [0.15, 0.2) is 17.5 Å². The average molecular weight is 469 g/mol. The zero-order valence-corrected chi connectivity index (χ0v) is 17.0. The number of hydrogen-bond donors (Lipinski definition) is 3. The highest BCUT2D eigenvalue weighted by Gasteiger charge is 2.11. The summed E-state index contributed by atoms with van der Waals surface area (Å²) in [7, 11) is 0. The SMILES string of the molecule is CCNC(=NCc1ccc(O)cc1)Nc1ccc2c(c1)OCCCO2.I. The summed E-state index contributed by atoms with van der Waals surface area (Å²) in [6, 6.07) is 12.8. The van der Waals surface area contributed by atoms with E-state index in [4.69, 9.17) is 9.47 Å². The summed E-state index contributed by atoms with van der Waals surface area (Å²) in [4.78, 5) is 4.58. The highest BCUT2D eigenvalue weighted by molar-refractivity contribution is 14.0. The van der Waals surface area contributed by atoms with Crippen molar-refractivity contribution in [3.63, 3.8) is 0 Å². The summed E-state index contributed by atoms with van der Waals surface area (Å²) in [5, 5.41) is 15.9. The molecule has 2 aromatic rings. The minimum absolute atomic E-state index is 0. The number of phenolic OH excluding ortho intramolecular Hbond substituents is 1. The minimum Gasteiger partial charge on any atom is -0.508 e. The zero-order valence-electron chi connectivity index (χ0n) is 14.7. The molecule has 0 aliphatic carbocycles. The summed E-state index contributed by atoms with van der Waals surface area (Å²) in [5.41, 5.74) is 1.91. The van der Waals surface area contributed by atoms with Gasteiger partial charge in [0.2, 0.25) is 0 Å². The number of fused-ring (bicyclic) bond motifs is 1. The molecule has 0 bridgehead atoms. The lowest BCUT2D eigenvalue weighted by atomic mass is 10.2. The van der Waals surface area contributed by atoms with E-state index in [1.807, 2.05) is 37.3 Å². The largest absolute Gasteiger partial charge is 0.508 e. The van der Waals surface area contributed by atoms with Crippen LogP contribution in [-0.4, -0.2) is 30.8 Å². The Bertz CT molecular complexity index is 735. The van der Waals surface area contributed by atoms with Gasteiger partial charge in [-0.25, -0.2) is 4.99 Å². The van der Waals surface area contributed by atoms with Gasteiger partial charge in [-0.1, -0.05) is 12.1 Å². The maximum absolute atomic E-state index is 9.35. The van der Waals surface area contributed by atoms with Crippen LogP contribution in [0.5, 0.6) is 17.2 Å². The predicted molar refractivity (Wildman–Crippen MR) is 114 cm³/mol. The molecule has 6 nitrogen and oxygen atoms in total. The summed E-state index contributed by atoms with van der Waals surface area (Å²) < 4.78 is 11.4. The lowest BCUT2D eigenvalue weighted by Gasteiger charge is -2.13. The van der Waals surface area contributed by atoms with Crippen molar-refractivity contribution < 1.29 is 14.6 Å². The van der Waals surface area contributed by atoms with E-state index in [1.165, 1.54) is 0 Å². The maximum atomic E-state index is 9.35. The van der Waals surface area contributed by atoms with Crippen LogP contribution in [0.15, 0.2) is 47.5 Å². The van der Waals surface area contributed by atoms with E-state index < -0.39 is 0 Å². The van der Waals surface area contributed by atoms with Crippen LogP contribution in [0, 0.1) is 0 Å². The second-order valence-corrected chi connectivity index (χ2v) is 5.70. The molecule has 7 heteroatoms. The molecule has 0 aromatic heterocycles. The molecule has 26 heavy (non-hydrogen) atoms. The fourth-order valence-corrected chi connectivity index (χ4v) is 2.46. The van der Waals surface area contributed by atoms with Gasteiger partial charge in [-0.05, 0) is 36.8 Å². The van der Waals surface area contributed by atoms with Gasteiger partial charge in [0.05, 0.1) is 19.8 Å². The van der Waals surface area contributed by atoms with Gasteiger partial charge in [0, 0.05) is 24.7 Å². The standard InChI is InChI=1S/C19H23N3O3.HI/c1-2-20-19(21-13-14-4-7-16(23)8-5-14)22-15-6-9-17-18(12-15)25-11-3-10-24-17;/h4-9,12,23H,2-3,10-11,13H2,1H3,(H2,20,21,22);1H. The van der Waals surface area contributed by atoms with Crippen molar-refractivity contribution >= 4 is 35.6 Å². The molecule has 1 heterocycles. The number of guanidine groups is 1. The monoisotopic (exact) mass is 469 g/mol.